The maximum Gasteiger partial charge on any atom is 0.0752 e. The first-order valence-electron chi connectivity index (χ1n) is 15.3. The van der Waals surface area contributed by atoms with Crippen LogP contribution in [0.15, 0.2) is 97.1 Å². The van der Waals surface area contributed by atoms with E-state index in [0.717, 1.165) is 18.8 Å². The lowest BCUT2D eigenvalue weighted by Gasteiger charge is -2.48. The Morgan fingerprint density at radius 2 is 1.16 bits per heavy atom. The van der Waals surface area contributed by atoms with E-state index in [0.29, 0.717) is 0 Å². The Labute approximate surface area is 270 Å². The normalized spacial score (nSPS) is 20.2. The fourth-order valence-corrected chi connectivity index (χ4v) is 15.7. The molecule has 220 valence electrons. The number of rotatable bonds is 4. The molecular weight excluding hydrogens is 613 g/mol. The van der Waals surface area contributed by atoms with Crippen molar-refractivity contribution in [1.82, 2.24) is 9.24 Å². The van der Waals surface area contributed by atoms with Crippen LogP contribution in [0.25, 0.3) is 27.5 Å². The Kier molecular flexibility index (Phi) is 6.45. The molecule has 0 saturated carbocycles. The summed E-state index contributed by atoms with van der Waals surface area (Å²) in [6.45, 7) is 13.0. The topological polar surface area (TPSA) is 11.4 Å². The monoisotopic (exact) mass is 647 g/mol. The van der Waals surface area contributed by atoms with Gasteiger partial charge in [-0.2, -0.15) is 0 Å². The van der Waals surface area contributed by atoms with E-state index in [1.807, 2.05) is 0 Å². The lowest BCUT2D eigenvalue weighted by atomic mass is 10.1. The van der Waals surface area contributed by atoms with Crippen LogP contribution < -0.4 is 26.1 Å². The minimum atomic E-state index is -2.42. The predicted molar refractivity (Wildman–Crippen MR) is 201 cm³/mol. The van der Waals surface area contributed by atoms with Crippen LogP contribution in [0.2, 0.25) is 0 Å². The maximum absolute atomic E-state index is 7.08. The molecule has 0 N–H and O–H groups in total. The van der Waals surface area contributed by atoms with Gasteiger partial charge < -0.3 is 9.47 Å². The third-order valence-electron chi connectivity index (χ3n) is 9.56. The number of aromatic nitrogens is 1. The molecule has 2 unspecified atom stereocenters. The second-order valence-electron chi connectivity index (χ2n) is 12.2. The van der Waals surface area contributed by atoms with Crippen LogP contribution in [0.3, 0.4) is 0 Å². The van der Waals surface area contributed by atoms with E-state index < -0.39 is 12.2 Å². The quantitative estimate of drug-likeness (QED) is 0.179. The van der Waals surface area contributed by atoms with E-state index >= 15 is 0 Å². The first-order chi connectivity index (χ1) is 21.2. The average Bonchev–Trinajstić information content (AvgIpc) is 3.36. The van der Waals surface area contributed by atoms with Crippen LogP contribution in [0.1, 0.15) is 25.0 Å². The number of hydrogen-bond acceptors (Lipinski definition) is 3. The SMILES string of the molecule is CCN(CC)P1(=S)c2cc(C)ccc2N2c3ccc(C)cc3P(C)(=S)c3cc(-n4c5ccccc5c5ccccc54)cc1c32. The number of hydrogen-bond donors (Lipinski definition) is 0. The summed E-state index contributed by atoms with van der Waals surface area (Å²) in [6, 6.07) is 34.0. The highest BCUT2D eigenvalue weighted by Gasteiger charge is 2.46. The summed E-state index contributed by atoms with van der Waals surface area (Å²) in [5.74, 6) is 0. The molecule has 44 heavy (non-hydrogen) atoms. The van der Waals surface area contributed by atoms with Crippen molar-refractivity contribution in [1.29, 1.82) is 0 Å². The standard InChI is InChI=1S/C37H35N3P2S2/c1-6-38(7-2)42(44)34-21-25(4)17-19-32(34)40-31-18-16-24(3)20-33(31)41(5,43)35-22-26(23-36(42)37(35)40)39-29-14-10-8-12-27(29)28-13-9-11-15-30(28)39/h8-23H,6-7H2,1-5H3. The number of benzene rings is 5. The molecular formula is C37H35N3P2S2. The van der Waals surface area contributed by atoms with Gasteiger partial charge >= 0.3 is 0 Å². The highest BCUT2D eigenvalue weighted by atomic mass is 32.4. The van der Waals surface area contributed by atoms with Gasteiger partial charge in [-0.25, -0.2) is 0 Å². The minimum Gasteiger partial charge on any atom is -0.309 e. The lowest BCUT2D eigenvalue weighted by Crippen LogP contribution is -2.46. The summed E-state index contributed by atoms with van der Waals surface area (Å²) < 4.78 is 5.01. The van der Waals surface area contributed by atoms with Gasteiger partial charge in [-0.3, -0.25) is 4.67 Å². The lowest BCUT2D eigenvalue weighted by molar-refractivity contribution is 0.513. The predicted octanol–water partition coefficient (Wildman–Crippen LogP) is 8.24. The Hall–Kier alpha value is -3.04. The van der Waals surface area contributed by atoms with Crippen LogP contribution in [0.4, 0.5) is 17.1 Å². The smallest absolute Gasteiger partial charge is 0.0752 e. The second kappa shape index (κ2) is 9.98. The molecule has 1 aromatic heterocycles. The fraction of sp³-hybridized carbons (Fsp3) is 0.189. The van der Waals surface area contributed by atoms with E-state index in [2.05, 4.69) is 146 Å². The summed E-state index contributed by atoms with van der Waals surface area (Å²) >= 11 is 13.9. The minimum absolute atomic E-state index is 0.894. The first kappa shape index (κ1) is 28.4. The summed E-state index contributed by atoms with van der Waals surface area (Å²) in [5.41, 5.74) is 9.72. The number of nitrogens with zero attached hydrogens (tertiary/aromatic N) is 3. The van der Waals surface area contributed by atoms with Crippen LogP contribution in [0, 0.1) is 13.8 Å². The molecule has 0 spiro atoms. The molecule has 0 saturated heterocycles. The second-order valence-corrected chi connectivity index (χ2v) is 21.4. The molecule has 6 aromatic rings. The zero-order valence-electron chi connectivity index (χ0n) is 25.7. The van der Waals surface area contributed by atoms with Crippen LogP contribution in [-0.4, -0.2) is 29.0 Å². The van der Waals surface area contributed by atoms with Gasteiger partial charge in [0.1, 0.15) is 0 Å². The maximum atomic E-state index is 7.08. The van der Waals surface area contributed by atoms with Crippen molar-refractivity contribution < 1.29 is 0 Å². The Bertz CT molecular complexity index is 2230. The van der Waals surface area contributed by atoms with Crippen molar-refractivity contribution in [2.24, 2.45) is 0 Å². The summed E-state index contributed by atoms with van der Waals surface area (Å²) in [5, 5.41) is 7.63. The van der Waals surface area contributed by atoms with Crippen molar-refractivity contribution in [3.63, 3.8) is 0 Å². The van der Waals surface area contributed by atoms with Gasteiger partial charge in [0.2, 0.25) is 0 Å². The third kappa shape index (κ3) is 3.71. The summed E-state index contributed by atoms with van der Waals surface area (Å²) in [6.07, 6.45) is -2.42. The van der Waals surface area contributed by atoms with Crippen molar-refractivity contribution in [3.05, 3.63) is 108 Å². The largest absolute Gasteiger partial charge is 0.309 e. The molecule has 0 fully saturated rings. The highest BCUT2D eigenvalue weighted by Crippen LogP contribution is 2.62. The van der Waals surface area contributed by atoms with Gasteiger partial charge in [-0.1, -0.05) is 97.1 Å². The molecule has 2 atom stereocenters. The molecule has 3 heterocycles. The summed E-state index contributed by atoms with van der Waals surface area (Å²) in [7, 11) is 0. The van der Waals surface area contributed by atoms with Gasteiger partial charge in [0.25, 0.3) is 0 Å². The molecule has 2 aliphatic heterocycles. The molecule has 0 amide bonds. The van der Waals surface area contributed by atoms with E-state index in [9.17, 15) is 0 Å². The van der Waals surface area contributed by atoms with Crippen molar-refractivity contribution in [2.45, 2.75) is 27.7 Å². The number of fused-ring (bicyclic) bond motifs is 7. The zero-order chi connectivity index (χ0) is 30.5. The van der Waals surface area contributed by atoms with E-state index in [-0.39, 0.29) is 0 Å². The van der Waals surface area contributed by atoms with Crippen LogP contribution in [0.5, 0.6) is 0 Å². The van der Waals surface area contributed by atoms with Gasteiger partial charge in [0.05, 0.1) is 34.3 Å². The van der Waals surface area contributed by atoms with Crippen molar-refractivity contribution in [2.75, 3.05) is 24.7 Å². The zero-order valence-corrected chi connectivity index (χ0v) is 29.1. The van der Waals surface area contributed by atoms with Crippen molar-refractivity contribution >= 4 is 95.9 Å². The average molecular weight is 648 g/mol. The van der Waals surface area contributed by atoms with Crippen molar-refractivity contribution in [3.8, 4) is 5.69 Å². The van der Waals surface area contributed by atoms with Crippen LogP contribution >= 0.6 is 12.2 Å². The van der Waals surface area contributed by atoms with Gasteiger partial charge in [0, 0.05) is 56.8 Å². The Morgan fingerprint density at radius 1 is 0.636 bits per heavy atom. The fourth-order valence-electron chi connectivity index (χ4n) is 7.49. The van der Waals surface area contributed by atoms with Gasteiger partial charge in [-0.15, -0.1) is 0 Å². The molecule has 8 rings (SSSR count). The van der Waals surface area contributed by atoms with E-state index in [1.165, 1.54) is 71.2 Å². The van der Waals surface area contributed by atoms with Gasteiger partial charge in [-0.05, 0) is 69.0 Å². The van der Waals surface area contributed by atoms with E-state index in [4.69, 9.17) is 23.6 Å². The number of para-hydroxylation sites is 2. The third-order valence-corrected chi connectivity index (χ3v) is 18.5. The number of anilines is 3. The van der Waals surface area contributed by atoms with Crippen LogP contribution in [-0.2, 0) is 23.6 Å². The molecule has 2 aliphatic rings. The van der Waals surface area contributed by atoms with E-state index in [1.54, 1.807) is 0 Å². The highest BCUT2D eigenvalue weighted by molar-refractivity contribution is 8.22. The Morgan fingerprint density at radius 3 is 1.75 bits per heavy atom. The summed E-state index contributed by atoms with van der Waals surface area (Å²) in [4.78, 5) is 2.51. The number of aryl methyl sites for hydroxylation is 2. The van der Waals surface area contributed by atoms with Gasteiger partial charge in [0.15, 0.2) is 0 Å². The molecule has 5 aromatic carbocycles. The molecule has 0 aliphatic carbocycles. The first-order valence-corrected chi connectivity index (χ1v) is 21.3. The molecule has 7 heteroatoms. The molecule has 3 nitrogen and oxygen atoms in total. The molecule has 0 bridgehead atoms. The molecule has 0 radical (unpaired) electrons. The Balaban J connectivity index is 1.58.